The van der Waals surface area contributed by atoms with Crippen LogP contribution >= 0.6 is 11.3 Å². The lowest BCUT2D eigenvalue weighted by Gasteiger charge is -2.17. The largest absolute Gasteiger partial charge is 0.408 e. The summed E-state index contributed by atoms with van der Waals surface area (Å²) in [6.07, 6.45) is 6.10. The Morgan fingerprint density at radius 2 is 2.15 bits per heavy atom. The van der Waals surface area contributed by atoms with Crippen LogP contribution in [0.15, 0.2) is 9.80 Å². The van der Waals surface area contributed by atoms with E-state index in [-0.39, 0.29) is 6.61 Å². The van der Waals surface area contributed by atoms with Crippen molar-refractivity contribution in [3.05, 3.63) is 22.0 Å². The van der Waals surface area contributed by atoms with Crippen LogP contribution in [0.2, 0.25) is 0 Å². The summed E-state index contributed by atoms with van der Waals surface area (Å²) in [5.74, 6) is 1.18. The van der Waals surface area contributed by atoms with E-state index in [4.69, 9.17) is 9.52 Å². The van der Waals surface area contributed by atoms with Crippen LogP contribution in [0.5, 0.6) is 0 Å². The van der Waals surface area contributed by atoms with Gasteiger partial charge in [-0.15, -0.1) is 16.4 Å². The molecule has 0 bridgehead atoms. The zero-order chi connectivity index (χ0) is 13.8. The van der Waals surface area contributed by atoms with Crippen molar-refractivity contribution < 1.29 is 9.52 Å². The van der Waals surface area contributed by atoms with E-state index in [0.29, 0.717) is 24.2 Å². The van der Waals surface area contributed by atoms with Crippen LogP contribution in [0.4, 0.5) is 6.01 Å². The molecule has 6 nitrogen and oxygen atoms in total. The van der Waals surface area contributed by atoms with Crippen LogP contribution in [0.25, 0.3) is 0 Å². The molecule has 2 aromatic heterocycles. The molecule has 0 radical (unpaired) electrons. The molecular weight excluding hydrogens is 276 g/mol. The molecule has 1 aliphatic carbocycles. The SMILES string of the molecule is OCc1csc(CNc2nnc(C3CCCCC3)o2)n1. The molecule has 1 saturated carbocycles. The smallest absolute Gasteiger partial charge is 0.315 e. The molecule has 0 aromatic carbocycles. The lowest BCUT2D eigenvalue weighted by atomic mass is 9.89. The molecule has 108 valence electrons. The van der Waals surface area contributed by atoms with Crippen molar-refractivity contribution in [2.45, 2.75) is 51.2 Å². The third-order valence-corrected chi connectivity index (χ3v) is 4.44. The summed E-state index contributed by atoms with van der Waals surface area (Å²) in [5, 5.41) is 23.0. The van der Waals surface area contributed by atoms with Gasteiger partial charge >= 0.3 is 6.01 Å². The number of aliphatic hydroxyl groups excluding tert-OH is 1. The standard InChI is InChI=1S/C13H18N4O2S/c18-7-10-8-20-11(15-10)6-14-13-17-16-12(19-13)9-4-2-1-3-5-9/h8-9,18H,1-7H2,(H,14,17). The second-order valence-corrected chi connectivity index (χ2v) is 5.97. The monoisotopic (exact) mass is 294 g/mol. The van der Waals surface area contributed by atoms with Crippen LogP contribution in [-0.2, 0) is 13.2 Å². The maximum absolute atomic E-state index is 8.97. The van der Waals surface area contributed by atoms with E-state index in [0.717, 1.165) is 23.7 Å². The predicted molar refractivity (Wildman–Crippen MR) is 75.5 cm³/mol. The first-order valence-electron chi connectivity index (χ1n) is 6.96. The van der Waals surface area contributed by atoms with E-state index in [1.165, 1.54) is 30.6 Å². The normalized spacial score (nSPS) is 16.4. The number of aliphatic hydroxyl groups is 1. The van der Waals surface area contributed by atoms with Crippen molar-refractivity contribution >= 4 is 17.4 Å². The lowest BCUT2D eigenvalue weighted by molar-refractivity contribution is 0.277. The summed E-state index contributed by atoms with van der Waals surface area (Å²) in [6.45, 7) is 0.514. The molecule has 2 heterocycles. The van der Waals surface area contributed by atoms with E-state index in [1.807, 2.05) is 5.38 Å². The summed E-state index contributed by atoms with van der Waals surface area (Å²) in [6, 6.07) is 0.450. The van der Waals surface area contributed by atoms with Crippen LogP contribution in [0.1, 0.15) is 54.6 Å². The van der Waals surface area contributed by atoms with Gasteiger partial charge in [0.05, 0.1) is 18.8 Å². The predicted octanol–water partition coefficient (Wildman–Crippen LogP) is 2.68. The quantitative estimate of drug-likeness (QED) is 0.882. The van der Waals surface area contributed by atoms with Crippen LogP contribution in [-0.4, -0.2) is 20.3 Å². The molecule has 2 aromatic rings. The van der Waals surface area contributed by atoms with Gasteiger partial charge in [-0.25, -0.2) is 4.98 Å². The number of aromatic nitrogens is 3. The minimum absolute atomic E-state index is 0.0249. The fourth-order valence-corrected chi connectivity index (χ4v) is 3.20. The minimum Gasteiger partial charge on any atom is -0.408 e. The van der Waals surface area contributed by atoms with Crippen molar-refractivity contribution in [1.29, 1.82) is 0 Å². The first-order chi connectivity index (χ1) is 9.85. The van der Waals surface area contributed by atoms with E-state index in [2.05, 4.69) is 20.5 Å². The second-order valence-electron chi connectivity index (χ2n) is 5.02. The van der Waals surface area contributed by atoms with Crippen molar-refractivity contribution in [3.8, 4) is 0 Å². The van der Waals surface area contributed by atoms with Gasteiger partial charge < -0.3 is 14.8 Å². The average Bonchev–Trinajstić information content (AvgIpc) is 3.15. The molecule has 1 aliphatic rings. The summed E-state index contributed by atoms with van der Waals surface area (Å²) in [5.41, 5.74) is 0.695. The van der Waals surface area contributed by atoms with Crippen LogP contribution < -0.4 is 5.32 Å². The molecule has 0 unspecified atom stereocenters. The third kappa shape index (κ3) is 3.16. The minimum atomic E-state index is -0.0249. The van der Waals surface area contributed by atoms with Gasteiger partial charge in [0.15, 0.2) is 0 Å². The molecule has 0 aliphatic heterocycles. The average molecular weight is 294 g/mol. The first kappa shape index (κ1) is 13.5. The first-order valence-corrected chi connectivity index (χ1v) is 7.84. The number of rotatable bonds is 5. The van der Waals surface area contributed by atoms with Crippen molar-refractivity contribution in [2.24, 2.45) is 0 Å². The lowest BCUT2D eigenvalue weighted by Crippen LogP contribution is -2.04. The van der Waals surface area contributed by atoms with Crippen LogP contribution in [0, 0.1) is 0 Å². The summed E-state index contributed by atoms with van der Waals surface area (Å²) >= 11 is 1.50. The highest BCUT2D eigenvalue weighted by Crippen LogP contribution is 2.32. The number of nitrogens with zero attached hydrogens (tertiary/aromatic N) is 3. The molecular formula is C13H18N4O2S. The summed E-state index contributed by atoms with van der Waals surface area (Å²) < 4.78 is 5.67. The van der Waals surface area contributed by atoms with Gasteiger partial charge in [0, 0.05) is 11.3 Å². The van der Waals surface area contributed by atoms with Gasteiger partial charge in [-0.1, -0.05) is 24.4 Å². The van der Waals surface area contributed by atoms with Crippen LogP contribution in [0.3, 0.4) is 0 Å². The molecule has 2 N–H and O–H groups in total. The molecule has 3 rings (SSSR count). The highest BCUT2D eigenvalue weighted by atomic mass is 32.1. The van der Waals surface area contributed by atoms with E-state index >= 15 is 0 Å². The highest BCUT2D eigenvalue weighted by Gasteiger charge is 2.21. The topological polar surface area (TPSA) is 84.1 Å². The second kappa shape index (κ2) is 6.32. The Morgan fingerprint density at radius 1 is 1.30 bits per heavy atom. The number of thiazole rings is 1. The van der Waals surface area contributed by atoms with Crippen molar-refractivity contribution in [2.75, 3.05) is 5.32 Å². The Bertz CT molecular complexity index is 548. The van der Waals surface area contributed by atoms with Crippen molar-refractivity contribution in [3.63, 3.8) is 0 Å². The Hall–Kier alpha value is -1.47. The number of hydrogen-bond acceptors (Lipinski definition) is 7. The van der Waals surface area contributed by atoms with E-state index in [9.17, 15) is 0 Å². The van der Waals surface area contributed by atoms with Gasteiger partial charge in [0.2, 0.25) is 5.89 Å². The van der Waals surface area contributed by atoms with Gasteiger partial charge in [-0.2, -0.15) is 0 Å². The summed E-state index contributed by atoms with van der Waals surface area (Å²) in [4.78, 5) is 4.26. The molecule has 1 fully saturated rings. The molecule has 0 atom stereocenters. The van der Waals surface area contributed by atoms with Gasteiger partial charge in [-0.05, 0) is 12.8 Å². The van der Waals surface area contributed by atoms with Crippen molar-refractivity contribution in [1.82, 2.24) is 15.2 Å². The number of anilines is 1. The molecule has 0 amide bonds. The molecule has 0 saturated heterocycles. The van der Waals surface area contributed by atoms with E-state index < -0.39 is 0 Å². The number of hydrogen-bond donors (Lipinski definition) is 2. The Kier molecular flexibility index (Phi) is 4.27. The molecule has 7 heteroatoms. The molecule has 20 heavy (non-hydrogen) atoms. The van der Waals surface area contributed by atoms with Gasteiger partial charge in [0.25, 0.3) is 0 Å². The Morgan fingerprint density at radius 3 is 2.90 bits per heavy atom. The highest BCUT2D eigenvalue weighted by molar-refractivity contribution is 7.09. The zero-order valence-electron chi connectivity index (χ0n) is 11.2. The molecule has 0 spiro atoms. The van der Waals surface area contributed by atoms with Gasteiger partial charge in [-0.3, -0.25) is 0 Å². The fourth-order valence-electron chi connectivity index (χ4n) is 2.47. The maximum atomic E-state index is 8.97. The number of nitrogens with one attached hydrogen (secondary N) is 1. The van der Waals surface area contributed by atoms with Gasteiger partial charge in [0.1, 0.15) is 5.01 Å². The fraction of sp³-hybridized carbons (Fsp3) is 0.615. The zero-order valence-corrected chi connectivity index (χ0v) is 12.0. The Balaban J connectivity index is 1.56. The Labute approximate surface area is 121 Å². The maximum Gasteiger partial charge on any atom is 0.315 e. The van der Waals surface area contributed by atoms with E-state index in [1.54, 1.807) is 0 Å². The summed E-state index contributed by atoms with van der Waals surface area (Å²) in [7, 11) is 0. The third-order valence-electron chi connectivity index (χ3n) is 3.55.